The van der Waals surface area contributed by atoms with E-state index in [9.17, 15) is 4.79 Å². The summed E-state index contributed by atoms with van der Waals surface area (Å²) in [6.07, 6.45) is 1.96. The summed E-state index contributed by atoms with van der Waals surface area (Å²) >= 11 is 0. The highest BCUT2D eigenvalue weighted by Crippen LogP contribution is 2.15. The summed E-state index contributed by atoms with van der Waals surface area (Å²) in [6, 6.07) is 5.79. The number of esters is 1. The van der Waals surface area contributed by atoms with Gasteiger partial charge in [0.2, 0.25) is 0 Å². The second kappa shape index (κ2) is 3.81. The van der Waals surface area contributed by atoms with Crippen LogP contribution in [0.2, 0.25) is 0 Å². The maximum atomic E-state index is 11.1. The summed E-state index contributed by atoms with van der Waals surface area (Å²) in [5.74, 6) is -0.225. The topological polar surface area (TPSA) is 39.4 Å². The Hall–Kier alpha value is -1.71. The first kappa shape index (κ1) is 9.83. The zero-order chi connectivity index (χ0) is 10.8. The molecule has 0 aliphatic heterocycles. The van der Waals surface area contributed by atoms with Crippen molar-refractivity contribution in [3.05, 3.63) is 30.0 Å². The maximum absolute atomic E-state index is 11.1. The Labute approximate surface area is 88.4 Å². The van der Waals surface area contributed by atoms with Gasteiger partial charge in [0.1, 0.15) is 13.4 Å². The van der Waals surface area contributed by atoms with E-state index in [0.717, 1.165) is 22.0 Å². The number of benzene rings is 1. The lowest BCUT2D eigenvalue weighted by Gasteiger charge is -2.02. The van der Waals surface area contributed by atoms with E-state index in [4.69, 9.17) is 4.42 Å². The molecular formula is C11H11BO3. The first-order chi connectivity index (χ1) is 7.20. The van der Waals surface area contributed by atoms with Crippen LogP contribution in [0.25, 0.3) is 11.0 Å². The van der Waals surface area contributed by atoms with Crippen LogP contribution in [0, 0.1) is 0 Å². The second-order valence-electron chi connectivity index (χ2n) is 3.50. The van der Waals surface area contributed by atoms with Crippen molar-refractivity contribution in [2.75, 3.05) is 7.11 Å². The van der Waals surface area contributed by atoms with E-state index < -0.39 is 0 Å². The smallest absolute Gasteiger partial charge is 0.309 e. The Balaban J connectivity index is 2.40. The molecule has 4 heteroatoms. The molecule has 1 aromatic carbocycles. The van der Waals surface area contributed by atoms with E-state index in [2.05, 4.69) is 4.74 Å². The van der Waals surface area contributed by atoms with Crippen LogP contribution in [-0.4, -0.2) is 20.9 Å². The largest absolute Gasteiger partial charge is 0.469 e. The fraction of sp³-hybridized carbons (Fsp3) is 0.182. The van der Waals surface area contributed by atoms with Crippen molar-refractivity contribution in [2.45, 2.75) is 6.42 Å². The number of carbonyl (C=O) groups is 1. The fourth-order valence-corrected chi connectivity index (χ4v) is 1.68. The van der Waals surface area contributed by atoms with Gasteiger partial charge in [-0.05, 0) is 23.2 Å². The minimum Gasteiger partial charge on any atom is -0.469 e. The first-order valence-corrected chi connectivity index (χ1v) is 4.74. The molecule has 0 spiro atoms. The van der Waals surface area contributed by atoms with Crippen molar-refractivity contribution in [2.24, 2.45) is 0 Å². The third-order valence-corrected chi connectivity index (χ3v) is 2.37. The Morgan fingerprint density at radius 1 is 1.53 bits per heavy atom. The Morgan fingerprint density at radius 2 is 2.33 bits per heavy atom. The zero-order valence-corrected chi connectivity index (χ0v) is 8.74. The quantitative estimate of drug-likeness (QED) is 0.522. The molecule has 0 atom stereocenters. The van der Waals surface area contributed by atoms with Crippen LogP contribution in [0.4, 0.5) is 0 Å². The summed E-state index contributed by atoms with van der Waals surface area (Å²) in [6.45, 7) is 0. The molecule has 2 aromatic rings. The molecule has 15 heavy (non-hydrogen) atoms. The Kier molecular flexibility index (Phi) is 2.50. The molecule has 0 saturated heterocycles. The molecular weight excluding hydrogens is 191 g/mol. The molecule has 76 valence electrons. The monoisotopic (exact) mass is 202 g/mol. The summed E-state index contributed by atoms with van der Waals surface area (Å²) in [5.41, 5.74) is 2.87. The molecule has 0 fully saturated rings. The van der Waals surface area contributed by atoms with Gasteiger partial charge in [0, 0.05) is 5.39 Å². The summed E-state index contributed by atoms with van der Waals surface area (Å²) in [4.78, 5) is 11.1. The number of methoxy groups -OCH3 is 1. The SMILES string of the molecule is Bc1cc(CC(=O)OC)cc2ccoc12. The average Bonchev–Trinajstić information content (AvgIpc) is 2.66. The number of hydrogen-bond donors (Lipinski definition) is 0. The van der Waals surface area contributed by atoms with Gasteiger partial charge in [-0.25, -0.2) is 0 Å². The number of hydrogen-bond acceptors (Lipinski definition) is 3. The van der Waals surface area contributed by atoms with Gasteiger partial charge in [0.15, 0.2) is 0 Å². The first-order valence-electron chi connectivity index (χ1n) is 4.74. The fourth-order valence-electron chi connectivity index (χ4n) is 1.68. The van der Waals surface area contributed by atoms with Gasteiger partial charge in [-0.3, -0.25) is 4.79 Å². The van der Waals surface area contributed by atoms with Gasteiger partial charge >= 0.3 is 5.97 Å². The number of furan rings is 1. The molecule has 0 radical (unpaired) electrons. The van der Waals surface area contributed by atoms with E-state index in [0.29, 0.717) is 6.42 Å². The lowest BCUT2D eigenvalue weighted by Crippen LogP contribution is -2.09. The molecule has 0 amide bonds. The van der Waals surface area contributed by atoms with Crippen molar-refractivity contribution < 1.29 is 13.9 Å². The van der Waals surface area contributed by atoms with Crippen molar-refractivity contribution >= 4 is 30.2 Å². The van der Waals surface area contributed by atoms with Crippen LogP contribution in [0.5, 0.6) is 0 Å². The number of rotatable bonds is 2. The minimum absolute atomic E-state index is 0.225. The second-order valence-corrected chi connectivity index (χ2v) is 3.50. The highest BCUT2D eigenvalue weighted by atomic mass is 16.5. The molecule has 1 aromatic heterocycles. The molecule has 0 saturated carbocycles. The molecule has 0 bridgehead atoms. The number of carbonyl (C=O) groups excluding carboxylic acids is 1. The van der Waals surface area contributed by atoms with E-state index in [1.807, 2.05) is 26.0 Å². The van der Waals surface area contributed by atoms with Crippen molar-refractivity contribution in [1.29, 1.82) is 0 Å². The molecule has 2 rings (SSSR count). The third kappa shape index (κ3) is 1.88. The normalized spacial score (nSPS) is 10.5. The summed E-state index contributed by atoms with van der Waals surface area (Å²) in [7, 11) is 3.36. The molecule has 3 nitrogen and oxygen atoms in total. The van der Waals surface area contributed by atoms with Gasteiger partial charge in [0.25, 0.3) is 0 Å². The third-order valence-electron chi connectivity index (χ3n) is 2.37. The van der Waals surface area contributed by atoms with E-state index >= 15 is 0 Å². The van der Waals surface area contributed by atoms with Gasteiger partial charge in [0.05, 0.1) is 19.8 Å². The van der Waals surface area contributed by atoms with Crippen molar-refractivity contribution in [3.63, 3.8) is 0 Å². The number of fused-ring (bicyclic) bond motifs is 1. The zero-order valence-electron chi connectivity index (χ0n) is 8.74. The standard InChI is InChI=1S/C11H11BO3/c1-14-10(13)6-7-4-8-2-3-15-11(8)9(12)5-7/h2-5H,6,12H2,1H3. The van der Waals surface area contributed by atoms with Crippen LogP contribution in [-0.2, 0) is 16.0 Å². The Bertz CT molecular complexity index is 502. The van der Waals surface area contributed by atoms with Crippen molar-refractivity contribution in [3.8, 4) is 0 Å². The van der Waals surface area contributed by atoms with E-state index in [1.165, 1.54) is 7.11 Å². The Morgan fingerprint density at radius 3 is 3.07 bits per heavy atom. The van der Waals surface area contributed by atoms with Gasteiger partial charge in [-0.15, -0.1) is 0 Å². The van der Waals surface area contributed by atoms with Gasteiger partial charge in [-0.2, -0.15) is 0 Å². The predicted octanol–water partition coefficient (Wildman–Crippen LogP) is 0.407. The van der Waals surface area contributed by atoms with Crippen LogP contribution >= 0.6 is 0 Å². The predicted molar refractivity (Wildman–Crippen MR) is 60.1 cm³/mol. The molecule has 0 N–H and O–H groups in total. The lowest BCUT2D eigenvalue weighted by atomic mass is 9.91. The molecule has 0 aliphatic carbocycles. The highest BCUT2D eigenvalue weighted by Gasteiger charge is 2.07. The minimum atomic E-state index is -0.225. The van der Waals surface area contributed by atoms with Crippen LogP contribution < -0.4 is 5.46 Å². The molecule has 0 aliphatic rings. The van der Waals surface area contributed by atoms with E-state index in [-0.39, 0.29) is 5.97 Å². The van der Waals surface area contributed by atoms with Gasteiger partial charge < -0.3 is 9.15 Å². The highest BCUT2D eigenvalue weighted by molar-refractivity contribution is 6.38. The molecule has 0 unspecified atom stereocenters. The van der Waals surface area contributed by atoms with Gasteiger partial charge in [-0.1, -0.05) is 6.07 Å². The summed E-state index contributed by atoms with van der Waals surface area (Å²) < 4.78 is 9.94. The van der Waals surface area contributed by atoms with Crippen LogP contribution in [0.3, 0.4) is 0 Å². The maximum Gasteiger partial charge on any atom is 0.309 e. The number of ether oxygens (including phenoxy) is 1. The van der Waals surface area contributed by atoms with E-state index in [1.54, 1.807) is 6.26 Å². The molecule has 1 heterocycles. The lowest BCUT2D eigenvalue weighted by molar-refractivity contribution is -0.139. The van der Waals surface area contributed by atoms with Crippen molar-refractivity contribution in [1.82, 2.24) is 0 Å². The average molecular weight is 202 g/mol. The summed E-state index contributed by atoms with van der Waals surface area (Å²) in [5, 5.41) is 1.02. The van der Waals surface area contributed by atoms with Crippen LogP contribution in [0.15, 0.2) is 28.9 Å². The van der Waals surface area contributed by atoms with Crippen LogP contribution in [0.1, 0.15) is 5.56 Å².